The molecule has 0 amide bonds. The Bertz CT molecular complexity index is 1280. The summed E-state index contributed by atoms with van der Waals surface area (Å²) >= 11 is 0. The number of pyridine rings is 1. The molecule has 0 saturated carbocycles. The fourth-order valence-corrected chi connectivity index (χ4v) is 3.63. The Morgan fingerprint density at radius 1 is 1.23 bits per heavy atom. The first kappa shape index (κ1) is 19.0. The number of fused-ring (bicyclic) bond motifs is 1. The summed E-state index contributed by atoms with van der Waals surface area (Å²) in [5.41, 5.74) is 1.90. The average molecular weight is 412 g/mol. The topological polar surface area (TPSA) is 88.9 Å². The van der Waals surface area contributed by atoms with Gasteiger partial charge in [0.15, 0.2) is 11.5 Å². The summed E-state index contributed by atoms with van der Waals surface area (Å²) in [7, 11) is 0. The molecule has 1 aromatic carbocycles. The van der Waals surface area contributed by atoms with Crippen molar-refractivity contribution >= 4 is 22.6 Å². The van der Waals surface area contributed by atoms with E-state index in [4.69, 9.17) is 9.72 Å². The third-order valence-electron chi connectivity index (χ3n) is 5.24. The molecule has 1 aliphatic heterocycles. The van der Waals surface area contributed by atoms with Crippen LogP contribution in [0.2, 0.25) is 0 Å². The number of ether oxygens (including phenoxy) is 1. The second-order valence-electron chi connectivity index (χ2n) is 7.32. The normalized spacial score (nSPS) is 16.2. The van der Waals surface area contributed by atoms with Crippen molar-refractivity contribution in [3.05, 3.63) is 66.0 Å². The van der Waals surface area contributed by atoms with E-state index >= 15 is 0 Å². The highest BCUT2D eigenvalue weighted by atomic mass is 16.5. The van der Waals surface area contributed by atoms with Gasteiger partial charge in [-0.3, -0.25) is 9.89 Å². The lowest BCUT2D eigenvalue weighted by molar-refractivity contribution is 0.0985. The Balaban J connectivity index is 1.63. The van der Waals surface area contributed by atoms with Crippen LogP contribution >= 0.6 is 0 Å². The Kier molecular flexibility index (Phi) is 4.94. The summed E-state index contributed by atoms with van der Waals surface area (Å²) in [5, 5.41) is 12.3. The van der Waals surface area contributed by atoms with E-state index in [0.717, 1.165) is 17.7 Å². The predicted molar refractivity (Wildman–Crippen MR) is 116 cm³/mol. The molecule has 0 radical (unpaired) electrons. The van der Waals surface area contributed by atoms with E-state index in [1.54, 1.807) is 29.2 Å². The Hall–Kier alpha value is -3.96. The molecule has 4 heterocycles. The molecule has 1 atom stereocenters. The summed E-state index contributed by atoms with van der Waals surface area (Å²) < 4.78 is 7.24. The minimum Gasteiger partial charge on any atom is -0.377 e. The molecule has 1 aliphatic rings. The van der Waals surface area contributed by atoms with Crippen LogP contribution in [0.3, 0.4) is 0 Å². The van der Waals surface area contributed by atoms with Crippen molar-refractivity contribution in [1.82, 2.24) is 25.0 Å². The number of benzene rings is 1. The van der Waals surface area contributed by atoms with Gasteiger partial charge in [-0.15, -0.1) is 0 Å². The maximum absolute atomic E-state index is 12.5. The number of hydrogen-bond acceptors (Lipinski definition) is 6. The summed E-state index contributed by atoms with van der Waals surface area (Å²) in [5.74, 6) is 7.01. The van der Waals surface area contributed by atoms with E-state index in [1.807, 2.05) is 30.3 Å². The number of ketones is 1. The number of H-pyrrole nitrogens is 1. The van der Waals surface area contributed by atoms with Gasteiger partial charge in [0.1, 0.15) is 5.82 Å². The lowest BCUT2D eigenvalue weighted by Gasteiger charge is -2.34. The van der Waals surface area contributed by atoms with E-state index in [0.29, 0.717) is 35.8 Å². The second-order valence-corrected chi connectivity index (χ2v) is 7.32. The van der Waals surface area contributed by atoms with Crippen LogP contribution in [0.5, 0.6) is 0 Å². The van der Waals surface area contributed by atoms with Gasteiger partial charge in [-0.05, 0) is 18.9 Å². The Morgan fingerprint density at radius 3 is 2.87 bits per heavy atom. The minimum atomic E-state index is -0.230. The van der Waals surface area contributed by atoms with Gasteiger partial charge in [0.2, 0.25) is 5.78 Å². The van der Waals surface area contributed by atoms with Crippen molar-refractivity contribution in [3.63, 3.8) is 0 Å². The molecule has 1 N–H and O–H groups in total. The Morgan fingerprint density at radius 2 is 2.10 bits per heavy atom. The molecule has 8 nitrogen and oxygen atoms in total. The molecular weight excluding hydrogens is 392 g/mol. The van der Waals surface area contributed by atoms with Gasteiger partial charge in [-0.25, -0.2) is 4.98 Å². The molecule has 31 heavy (non-hydrogen) atoms. The van der Waals surface area contributed by atoms with Crippen molar-refractivity contribution in [1.29, 1.82) is 0 Å². The zero-order valence-electron chi connectivity index (χ0n) is 16.9. The number of aromatic amines is 1. The monoisotopic (exact) mass is 412 g/mol. The number of rotatable bonds is 3. The molecule has 0 bridgehead atoms. The van der Waals surface area contributed by atoms with Gasteiger partial charge in [0.05, 0.1) is 30.8 Å². The molecule has 0 spiro atoms. The molecule has 3 aromatic heterocycles. The van der Waals surface area contributed by atoms with Gasteiger partial charge >= 0.3 is 0 Å². The summed E-state index contributed by atoms with van der Waals surface area (Å²) in [6, 6.07) is 13.0. The maximum atomic E-state index is 12.5. The highest BCUT2D eigenvalue weighted by molar-refractivity contribution is 6.09. The molecule has 4 aromatic rings. The first-order valence-corrected chi connectivity index (χ1v) is 10.1. The predicted octanol–water partition coefficient (Wildman–Crippen LogP) is 2.60. The third kappa shape index (κ3) is 3.67. The molecule has 1 saturated heterocycles. The van der Waals surface area contributed by atoms with Gasteiger partial charge in [0, 0.05) is 29.9 Å². The zero-order valence-corrected chi connectivity index (χ0v) is 16.9. The van der Waals surface area contributed by atoms with Crippen LogP contribution in [0.1, 0.15) is 22.8 Å². The number of carbonyl (C=O) groups excluding carboxylic acids is 1. The van der Waals surface area contributed by atoms with Crippen molar-refractivity contribution < 1.29 is 9.53 Å². The standard InChI is InChI=1S/C23H20N6O2/c1-16-15-31-12-11-28(16)22-13-18(7-8-20(30)17-5-3-2-4-6-17)19-14-25-29(23(19)26-22)21-9-10-24-27-21/h2-6,9-10,13-14,16H,11-12,15H2,1H3,(H,24,27)/t16-/m1/s1. The van der Waals surface area contributed by atoms with Gasteiger partial charge in [-0.1, -0.05) is 36.3 Å². The van der Waals surface area contributed by atoms with Crippen LogP contribution in [0.15, 0.2) is 54.9 Å². The lowest BCUT2D eigenvalue weighted by atomic mass is 10.1. The molecular formula is C23H20N6O2. The number of nitrogens with one attached hydrogen (secondary N) is 1. The third-order valence-corrected chi connectivity index (χ3v) is 5.24. The molecule has 0 aliphatic carbocycles. The van der Waals surface area contributed by atoms with Crippen molar-refractivity contribution in [2.45, 2.75) is 13.0 Å². The molecule has 8 heteroatoms. The fourth-order valence-electron chi connectivity index (χ4n) is 3.63. The number of carbonyl (C=O) groups is 1. The van der Waals surface area contributed by atoms with E-state index in [2.05, 4.69) is 39.0 Å². The maximum Gasteiger partial charge on any atom is 0.236 e. The van der Waals surface area contributed by atoms with Crippen molar-refractivity contribution in [3.8, 4) is 17.7 Å². The fraction of sp³-hybridized carbons (Fsp3) is 0.217. The zero-order chi connectivity index (χ0) is 21.2. The first-order valence-electron chi connectivity index (χ1n) is 10.1. The van der Waals surface area contributed by atoms with Crippen LogP contribution in [0.25, 0.3) is 16.9 Å². The van der Waals surface area contributed by atoms with Crippen LogP contribution < -0.4 is 4.90 Å². The number of morpholine rings is 1. The number of Topliss-reactive ketones (excluding diaryl/α,β-unsaturated/α-hetero) is 1. The van der Waals surface area contributed by atoms with Crippen molar-refractivity contribution in [2.75, 3.05) is 24.7 Å². The van der Waals surface area contributed by atoms with Gasteiger partial charge in [-0.2, -0.15) is 14.9 Å². The van der Waals surface area contributed by atoms with Crippen LogP contribution in [-0.4, -0.2) is 56.5 Å². The average Bonchev–Trinajstić information content (AvgIpc) is 3.48. The Labute approximate surface area is 178 Å². The number of nitrogens with zero attached hydrogens (tertiary/aromatic N) is 5. The number of hydrogen-bond donors (Lipinski definition) is 1. The summed E-state index contributed by atoms with van der Waals surface area (Å²) in [6.45, 7) is 4.09. The van der Waals surface area contributed by atoms with E-state index < -0.39 is 0 Å². The molecule has 1 fully saturated rings. The highest BCUT2D eigenvalue weighted by Crippen LogP contribution is 2.26. The van der Waals surface area contributed by atoms with E-state index in [1.165, 1.54) is 0 Å². The first-order chi connectivity index (χ1) is 15.2. The van der Waals surface area contributed by atoms with Gasteiger partial charge < -0.3 is 9.64 Å². The van der Waals surface area contributed by atoms with E-state index in [9.17, 15) is 4.79 Å². The SMILES string of the molecule is C[C@@H]1COCCN1c1cc(C#CC(=O)c2ccccc2)c2cnn(-c3cc[nH]n3)c2n1. The highest BCUT2D eigenvalue weighted by Gasteiger charge is 2.22. The number of aromatic nitrogens is 5. The van der Waals surface area contributed by atoms with Gasteiger partial charge in [0.25, 0.3) is 0 Å². The van der Waals surface area contributed by atoms with E-state index in [-0.39, 0.29) is 11.8 Å². The second kappa shape index (κ2) is 8.05. The minimum absolute atomic E-state index is 0.173. The molecule has 0 unspecified atom stereocenters. The van der Waals surface area contributed by atoms with Crippen molar-refractivity contribution in [2.24, 2.45) is 0 Å². The van der Waals surface area contributed by atoms with Crippen LogP contribution in [0, 0.1) is 11.8 Å². The lowest BCUT2D eigenvalue weighted by Crippen LogP contribution is -2.44. The van der Waals surface area contributed by atoms with Crippen LogP contribution in [0.4, 0.5) is 5.82 Å². The smallest absolute Gasteiger partial charge is 0.236 e. The van der Waals surface area contributed by atoms with Crippen LogP contribution in [-0.2, 0) is 4.74 Å². The summed E-state index contributed by atoms with van der Waals surface area (Å²) in [4.78, 5) is 19.6. The molecule has 154 valence electrons. The largest absolute Gasteiger partial charge is 0.377 e. The summed E-state index contributed by atoms with van der Waals surface area (Å²) in [6.07, 6.45) is 3.44. The molecule has 5 rings (SSSR count). The quantitative estimate of drug-likeness (QED) is 0.411. The number of anilines is 1.